The fourth-order valence-corrected chi connectivity index (χ4v) is 3.54. The van der Waals surface area contributed by atoms with E-state index in [-0.39, 0.29) is 25.7 Å². The average Bonchev–Trinajstić information content (AvgIpc) is 3.34. The molecule has 180 valence electrons. The van der Waals surface area contributed by atoms with Crippen molar-refractivity contribution in [3.63, 3.8) is 0 Å². The number of carbonyl (C=O) groups is 2. The molecule has 1 atom stereocenters. The number of furan rings is 1. The molecule has 3 N–H and O–H groups in total. The Hall–Kier alpha value is -3.98. The van der Waals surface area contributed by atoms with E-state index in [1.165, 1.54) is 0 Å². The topological polar surface area (TPSA) is 110 Å². The molecule has 0 aliphatic rings. The minimum Gasteiger partial charge on any atom is -0.456 e. The highest BCUT2D eigenvalue weighted by molar-refractivity contribution is 5.94. The van der Waals surface area contributed by atoms with Gasteiger partial charge in [-0.25, -0.2) is 5.48 Å². The van der Waals surface area contributed by atoms with Crippen molar-refractivity contribution in [2.24, 2.45) is 0 Å². The third-order valence-electron chi connectivity index (χ3n) is 5.38. The van der Waals surface area contributed by atoms with Crippen molar-refractivity contribution in [2.75, 3.05) is 13.3 Å². The second-order valence-electron chi connectivity index (χ2n) is 7.92. The predicted molar refractivity (Wildman–Crippen MR) is 130 cm³/mol. The van der Waals surface area contributed by atoms with Crippen LogP contribution in [0.15, 0.2) is 89.3 Å². The molecule has 1 unspecified atom stereocenters. The molecule has 1 aromatic heterocycles. The molecule has 2 amide bonds. The van der Waals surface area contributed by atoms with E-state index in [0.29, 0.717) is 12.2 Å². The maximum Gasteiger partial charge on any atom is 0.251 e. The normalized spacial score (nSPS) is 11.8. The van der Waals surface area contributed by atoms with Crippen LogP contribution in [0.1, 0.15) is 22.3 Å². The Bertz CT molecular complexity index is 1220. The number of amides is 2. The fourth-order valence-electron chi connectivity index (χ4n) is 3.54. The van der Waals surface area contributed by atoms with Crippen molar-refractivity contribution < 1.29 is 28.7 Å². The number of fused-ring (bicyclic) bond motifs is 1. The number of benzene rings is 3. The van der Waals surface area contributed by atoms with Gasteiger partial charge in [-0.1, -0.05) is 60.7 Å². The van der Waals surface area contributed by atoms with Crippen LogP contribution in [0.5, 0.6) is 0 Å². The third-order valence-corrected chi connectivity index (χ3v) is 5.38. The van der Waals surface area contributed by atoms with Gasteiger partial charge in [0.2, 0.25) is 5.91 Å². The molecule has 35 heavy (non-hydrogen) atoms. The molecule has 4 aromatic rings. The molecule has 1 heterocycles. The van der Waals surface area contributed by atoms with Gasteiger partial charge in [-0.2, -0.15) is 0 Å². The molecule has 0 aliphatic heterocycles. The summed E-state index contributed by atoms with van der Waals surface area (Å²) in [6.45, 7) is 0.344. The Kier molecular flexibility index (Phi) is 8.24. The van der Waals surface area contributed by atoms with Crippen molar-refractivity contribution in [2.45, 2.75) is 19.1 Å². The van der Waals surface area contributed by atoms with E-state index in [0.717, 1.165) is 27.9 Å². The molecule has 0 aliphatic carbocycles. The van der Waals surface area contributed by atoms with Gasteiger partial charge in [0.25, 0.3) is 5.91 Å². The van der Waals surface area contributed by atoms with Crippen LogP contribution in [0.4, 0.5) is 0 Å². The van der Waals surface area contributed by atoms with E-state index < -0.39 is 12.0 Å². The first-order valence-electron chi connectivity index (χ1n) is 11.2. The van der Waals surface area contributed by atoms with Gasteiger partial charge in [-0.3, -0.25) is 14.8 Å². The van der Waals surface area contributed by atoms with Gasteiger partial charge in [-0.15, -0.1) is 0 Å². The number of hydroxylamine groups is 1. The van der Waals surface area contributed by atoms with Gasteiger partial charge in [-0.05, 0) is 29.8 Å². The van der Waals surface area contributed by atoms with Gasteiger partial charge < -0.3 is 19.2 Å². The molecular weight excluding hydrogens is 448 g/mol. The van der Waals surface area contributed by atoms with E-state index in [2.05, 4.69) is 5.32 Å². The molecule has 3 aromatic carbocycles. The monoisotopic (exact) mass is 474 g/mol. The number of rotatable bonds is 11. The lowest BCUT2D eigenvalue weighted by Crippen LogP contribution is -2.37. The lowest BCUT2D eigenvalue weighted by atomic mass is 10.1. The lowest BCUT2D eigenvalue weighted by molar-refractivity contribution is -0.137. The number of hydrogen-bond donors (Lipinski definition) is 3. The van der Waals surface area contributed by atoms with Gasteiger partial charge in [0.1, 0.15) is 18.1 Å². The van der Waals surface area contributed by atoms with Crippen molar-refractivity contribution in [3.8, 4) is 11.3 Å². The lowest BCUT2D eigenvalue weighted by Gasteiger charge is -2.18. The number of nitrogens with one attached hydrogen (secondary N) is 2. The van der Waals surface area contributed by atoms with Crippen LogP contribution in [-0.2, 0) is 20.9 Å². The Morgan fingerprint density at radius 1 is 0.943 bits per heavy atom. The average molecular weight is 475 g/mol. The summed E-state index contributed by atoms with van der Waals surface area (Å²) in [6, 6.07) is 26.3. The second-order valence-corrected chi connectivity index (χ2v) is 7.92. The largest absolute Gasteiger partial charge is 0.456 e. The van der Waals surface area contributed by atoms with E-state index >= 15 is 0 Å². The highest BCUT2D eigenvalue weighted by Gasteiger charge is 2.17. The van der Waals surface area contributed by atoms with Gasteiger partial charge in [0.15, 0.2) is 0 Å². The van der Waals surface area contributed by atoms with E-state index in [4.69, 9.17) is 19.1 Å². The summed E-state index contributed by atoms with van der Waals surface area (Å²) in [6.07, 6.45) is -0.826. The first-order valence-corrected chi connectivity index (χ1v) is 11.2. The number of carbonyl (C=O) groups excluding carboxylic acids is 2. The van der Waals surface area contributed by atoms with Gasteiger partial charge >= 0.3 is 0 Å². The number of hydrogen-bond acceptors (Lipinski definition) is 6. The Labute approximate surface area is 202 Å². The molecule has 0 fully saturated rings. The van der Waals surface area contributed by atoms with Crippen LogP contribution >= 0.6 is 0 Å². The second kappa shape index (κ2) is 11.9. The predicted octanol–water partition coefficient (Wildman–Crippen LogP) is 4.28. The molecular formula is C27H26N2O6. The van der Waals surface area contributed by atoms with Gasteiger partial charge in [0.05, 0.1) is 19.1 Å². The Morgan fingerprint density at radius 2 is 1.69 bits per heavy atom. The molecule has 0 radical (unpaired) electrons. The van der Waals surface area contributed by atoms with Crippen LogP contribution in [0.25, 0.3) is 22.3 Å². The molecule has 0 bridgehead atoms. The summed E-state index contributed by atoms with van der Waals surface area (Å²) >= 11 is 0. The summed E-state index contributed by atoms with van der Waals surface area (Å²) < 4.78 is 17.0. The first-order chi connectivity index (χ1) is 17.1. The molecule has 4 rings (SSSR count). The molecule has 8 nitrogen and oxygen atoms in total. The number of ether oxygens (including phenoxy) is 2. The summed E-state index contributed by atoms with van der Waals surface area (Å²) in [5.41, 5.74) is 4.68. The standard InChI is InChI=1S/C27H26N2O6/c30-26(29-32)15-23(34-18-33-17-19-6-2-1-3-7-19)16-28-27(31)21-12-10-20(11-13-21)25-14-22-8-4-5-9-24(22)35-25/h1-14,23,32H,15-18H2,(H,28,31)(H,29,30). The third kappa shape index (κ3) is 6.77. The van der Waals surface area contributed by atoms with Crippen molar-refractivity contribution in [3.05, 3.63) is 96.1 Å². The van der Waals surface area contributed by atoms with E-state index in [1.54, 1.807) is 17.6 Å². The van der Waals surface area contributed by atoms with Crippen molar-refractivity contribution >= 4 is 22.8 Å². The summed E-state index contributed by atoms with van der Waals surface area (Å²) in [4.78, 5) is 24.3. The molecule has 0 saturated heterocycles. The van der Waals surface area contributed by atoms with Crippen molar-refractivity contribution in [1.82, 2.24) is 10.8 Å². The summed E-state index contributed by atoms with van der Waals surface area (Å²) in [7, 11) is 0. The zero-order chi connectivity index (χ0) is 24.5. The molecule has 0 saturated carbocycles. The van der Waals surface area contributed by atoms with E-state index in [1.807, 2.05) is 72.8 Å². The maximum absolute atomic E-state index is 12.6. The van der Waals surface area contributed by atoms with Crippen molar-refractivity contribution in [1.29, 1.82) is 0 Å². The van der Waals surface area contributed by atoms with Crippen LogP contribution in [-0.4, -0.2) is 36.5 Å². The zero-order valence-electron chi connectivity index (χ0n) is 19.0. The molecule has 0 spiro atoms. The smallest absolute Gasteiger partial charge is 0.251 e. The zero-order valence-corrected chi connectivity index (χ0v) is 19.0. The SMILES string of the molecule is O=C(CC(CNC(=O)c1ccc(-c2cc3ccccc3o2)cc1)OCOCc1ccccc1)NO. The number of para-hydroxylation sites is 1. The summed E-state index contributed by atoms with van der Waals surface area (Å²) in [5.74, 6) is -0.219. The van der Waals surface area contributed by atoms with Gasteiger partial charge in [0, 0.05) is 23.1 Å². The molecule has 8 heteroatoms. The minimum absolute atomic E-state index is 0.0618. The Morgan fingerprint density at radius 3 is 2.43 bits per heavy atom. The quantitative estimate of drug-likeness (QED) is 0.130. The maximum atomic E-state index is 12.6. The van der Waals surface area contributed by atoms with Crippen LogP contribution in [0, 0.1) is 0 Å². The Balaban J connectivity index is 1.30. The van der Waals surface area contributed by atoms with Crippen LogP contribution in [0.2, 0.25) is 0 Å². The summed E-state index contributed by atoms with van der Waals surface area (Å²) in [5, 5.41) is 12.6. The van der Waals surface area contributed by atoms with Crippen LogP contribution in [0.3, 0.4) is 0 Å². The first kappa shape index (κ1) is 24.2. The minimum atomic E-state index is -0.684. The van der Waals surface area contributed by atoms with Crippen LogP contribution < -0.4 is 10.8 Å². The highest BCUT2D eigenvalue weighted by Crippen LogP contribution is 2.27. The van der Waals surface area contributed by atoms with E-state index in [9.17, 15) is 9.59 Å². The highest BCUT2D eigenvalue weighted by atomic mass is 16.7. The fraction of sp³-hybridized carbons (Fsp3) is 0.185.